The molecule has 0 aliphatic rings. The summed E-state index contributed by atoms with van der Waals surface area (Å²) in [7, 11) is 0. The van der Waals surface area contributed by atoms with Crippen molar-refractivity contribution >= 4 is 0 Å². The zero-order chi connectivity index (χ0) is 21.6. The van der Waals surface area contributed by atoms with Crippen LogP contribution in [-0.4, -0.2) is 22.5 Å². The van der Waals surface area contributed by atoms with E-state index in [4.69, 9.17) is 5.73 Å². The van der Waals surface area contributed by atoms with Crippen LogP contribution in [0.4, 0.5) is 0 Å². The minimum absolute atomic E-state index is 0.131. The molecule has 3 atom stereocenters. The molecule has 0 aromatic carbocycles. The Labute approximate surface area is 182 Å². The average Bonchev–Trinajstić information content (AvgIpc) is 2.70. The lowest BCUT2D eigenvalue weighted by molar-refractivity contribution is 0.0797. The molecule has 174 valence electrons. The first-order chi connectivity index (χ1) is 14.1. The molecular weight excluding hydrogens is 358 g/mol. The van der Waals surface area contributed by atoms with Gasteiger partial charge in [-0.15, -0.1) is 0 Å². The van der Waals surface area contributed by atoms with Gasteiger partial charge in [0, 0.05) is 5.92 Å². The van der Waals surface area contributed by atoms with Crippen LogP contribution >= 0.6 is 0 Å². The molecule has 0 aliphatic carbocycles. The van der Waals surface area contributed by atoms with Crippen molar-refractivity contribution in [1.29, 1.82) is 0 Å². The third-order valence-corrected chi connectivity index (χ3v) is 5.98. The summed E-state index contributed by atoms with van der Waals surface area (Å²) in [6.45, 7) is 4.51. The SMILES string of the molecule is CCCCCCCCCCC=CC(CC(O)CCCCCCCCCC)C(N)O. The van der Waals surface area contributed by atoms with E-state index in [2.05, 4.69) is 19.9 Å². The first-order valence-electron chi connectivity index (χ1n) is 12.9. The fourth-order valence-corrected chi connectivity index (χ4v) is 3.94. The van der Waals surface area contributed by atoms with Crippen molar-refractivity contribution in [3.05, 3.63) is 12.2 Å². The molecule has 0 bridgehead atoms. The third kappa shape index (κ3) is 20.7. The van der Waals surface area contributed by atoms with Gasteiger partial charge in [0.1, 0.15) is 6.23 Å². The Bertz CT molecular complexity index is 344. The van der Waals surface area contributed by atoms with Crippen LogP contribution in [0.15, 0.2) is 12.2 Å². The van der Waals surface area contributed by atoms with Crippen molar-refractivity contribution in [2.45, 2.75) is 148 Å². The molecule has 0 heterocycles. The smallest absolute Gasteiger partial charge is 0.108 e. The van der Waals surface area contributed by atoms with Crippen LogP contribution < -0.4 is 5.73 Å². The van der Waals surface area contributed by atoms with Gasteiger partial charge in [-0.3, -0.25) is 0 Å². The molecule has 3 unspecified atom stereocenters. The van der Waals surface area contributed by atoms with Crippen molar-refractivity contribution in [2.75, 3.05) is 0 Å². The Morgan fingerprint density at radius 2 is 1.10 bits per heavy atom. The van der Waals surface area contributed by atoms with E-state index in [0.717, 1.165) is 19.3 Å². The lowest BCUT2D eigenvalue weighted by Gasteiger charge is -2.20. The largest absolute Gasteiger partial charge is 0.393 e. The van der Waals surface area contributed by atoms with Gasteiger partial charge >= 0.3 is 0 Å². The van der Waals surface area contributed by atoms with Gasteiger partial charge in [0.25, 0.3) is 0 Å². The van der Waals surface area contributed by atoms with Crippen LogP contribution in [0.5, 0.6) is 0 Å². The number of rotatable bonds is 22. The molecule has 0 spiro atoms. The second-order valence-electron chi connectivity index (χ2n) is 9.00. The highest BCUT2D eigenvalue weighted by Gasteiger charge is 2.16. The van der Waals surface area contributed by atoms with Gasteiger partial charge in [0.2, 0.25) is 0 Å². The Morgan fingerprint density at radius 3 is 1.59 bits per heavy atom. The molecule has 0 aromatic rings. The summed E-state index contributed by atoms with van der Waals surface area (Å²) in [6, 6.07) is 0. The maximum Gasteiger partial charge on any atom is 0.108 e. The summed E-state index contributed by atoms with van der Waals surface area (Å²) in [5.74, 6) is -0.131. The average molecular weight is 412 g/mol. The second-order valence-corrected chi connectivity index (χ2v) is 9.00. The molecule has 0 aliphatic heterocycles. The summed E-state index contributed by atoms with van der Waals surface area (Å²) in [4.78, 5) is 0. The van der Waals surface area contributed by atoms with Gasteiger partial charge in [0.15, 0.2) is 0 Å². The van der Waals surface area contributed by atoms with Crippen LogP contribution in [0.25, 0.3) is 0 Å². The standard InChI is InChI=1S/C26H53NO2/c1-3-5-7-9-11-13-14-15-17-19-21-24(26(27)29)23-25(28)22-20-18-16-12-10-8-6-4-2/h19,21,24-26,28-29H,3-18,20,22-23,27H2,1-2H3. The van der Waals surface area contributed by atoms with Gasteiger partial charge in [-0.1, -0.05) is 122 Å². The van der Waals surface area contributed by atoms with Gasteiger partial charge in [-0.2, -0.15) is 0 Å². The molecule has 3 nitrogen and oxygen atoms in total. The lowest BCUT2D eigenvalue weighted by Crippen LogP contribution is -2.31. The van der Waals surface area contributed by atoms with Gasteiger partial charge in [-0.25, -0.2) is 0 Å². The van der Waals surface area contributed by atoms with Crippen molar-refractivity contribution in [2.24, 2.45) is 11.7 Å². The number of unbranched alkanes of at least 4 members (excludes halogenated alkanes) is 15. The van der Waals surface area contributed by atoms with Crippen molar-refractivity contribution in [1.82, 2.24) is 0 Å². The summed E-state index contributed by atoms with van der Waals surface area (Å²) in [5, 5.41) is 20.1. The van der Waals surface area contributed by atoms with Crippen LogP contribution in [0.1, 0.15) is 136 Å². The van der Waals surface area contributed by atoms with Crippen molar-refractivity contribution in [3.8, 4) is 0 Å². The zero-order valence-corrected chi connectivity index (χ0v) is 19.8. The summed E-state index contributed by atoms with van der Waals surface area (Å²) in [5.41, 5.74) is 5.73. The Morgan fingerprint density at radius 1 is 0.655 bits per heavy atom. The minimum Gasteiger partial charge on any atom is -0.393 e. The van der Waals surface area contributed by atoms with E-state index >= 15 is 0 Å². The molecule has 0 fully saturated rings. The normalized spacial score (nSPS) is 15.1. The Hall–Kier alpha value is -0.380. The number of hydrogen-bond acceptors (Lipinski definition) is 3. The first-order valence-corrected chi connectivity index (χ1v) is 12.9. The van der Waals surface area contributed by atoms with Crippen molar-refractivity contribution in [3.63, 3.8) is 0 Å². The van der Waals surface area contributed by atoms with E-state index in [1.54, 1.807) is 0 Å². The number of nitrogens with two attached hydrogens (primary N) is 1. The van der Waals surface area contributed by atoms with Crippen molar-refractivity contribution < 1.29 is 10.2 Å². The monoisotopic (exact) mass is 411 g/mol. The van der Waals surface area contributed by atoms with E-state index in [9.17, 15) is 10.2 Å². The van der Waals surface area contributed by atoms with Crippen LogP contribution in [0.2, 0.25) is 0 Å². The number of hydrogen-bond donors (Lipinski definition) is 3. The maximum atomic E-state index is 10.3. The predicted molar refractivity (Wildman–Crippen MR) is 128 cm³/mol. The molecule has 0 saturated carbocycles. The summed E-state index contributed by atoms with van der Waals surface area (Å²) in [6.07, 6.45) is 26.3. The Kier molecular flexibility index (Phi) is 22.0. The predicted octanol–water partition coefficient (Wildman–Crippen LogP) is 7.25. The van der Waals surface area contributed by atoms with Crippen LogP contribution in [0, 0.1) is 5.92 Å². The molecule has 0 rings (SSSR count). The maximum absolute atomic E-state index is 10.3. The van der Waals surface area contributed by atoms with Crippen LogP contribution in [-0.2, 0) is 0 Å². The number of aliphatic hydroxyl groups is 2. The number of allylic oxidation sites excluding steroid dienone is 1. The van der Waals surface area contributed by atoms with Crippen LogP contribution in [0.3, 0.4) is 0 Å². The summed E-state index contributed by atoms with van der Waals surface area (Å²) >= 11 is 0. The highest BCUT2D eigenvalue weighted by Crippen LogP contribution is 2.18. The molecule has 0 radical (unpaired) electrons. The quantitative estimate of drug-likeness (QED) is 0.0998. The fourth-order valence-electron chi connectivity index (χ4n) is 3.94. The van der Waals surface area contributed by atoms with E-state index in [1.165, 1.54) is 96.3 Å². The van der Waals surface area contributed by atoms with Gasteiger partial charge in [0.05, 0.1) is 6.10 Å². The molecule has 29 heavy (non-hydrogen) atoms. The number of aliphatic hydroxyl groups excluding tert-OH is 2. The molecule has 4 N–H and O–H groups in total. The van der Waals surface area contributed by atoms with Gasteiger partial charge < -0.3 is 15.9 Å². The minimum atomic E-state index is -0.877. The Balaban J connectivity index is 3.74. The highest BCUT2D eigenvalue weighted by atomic mass is 16.3. The van der Waals surface area contributed by atoms with E-state index in [0.29, 0.717) is 6.42 Å². The third-order valence-electron chi connectivity index (χ3n) is 5.98. The van der Waals surface area contributed by atoms with E-state index < -0.39 is 6.23 Å². The molecule has 0 amide bonds. The molecular formula is C26H53NO2. The lowest BCUT2D eigenvalue weighted by atomic mass is 9.95. The fraction of sp³-hybridized carbons (Fsp3) is 0.923. The highest BCUT2D eigenvalue weighted by molar-refractivity contribution is 4.91. The van der Waals surface area contributed by atoms with E-state index in [-0.39, 0.29) is 12.0 Å². The molecule has 0 saturated heterocycles. The molecule has 3 heteroatoms. The zero-order valence-electron chi connectivity index (χ0n) is 19.8. The van der Waals surface area contributed by atoms with E-state index in [1.807, 2.05) is 6.08 Å². The van der Waals surface area contributed by atoms with Gasteiger partial charge in [-0.05, 0) is 25.7 Å². The topological polar surface area (TPSA) is 66.5 Å². The first kappa shape index (κ1) is 28.6. The second kappa shape index (κ2) is 22.3. The molecule has 0 aromatic heterocycles. The summed E-state index contributed by atoms with van der Waals surface area (Å²) < 4.78 is 0.